The highest BCUT2D eigenvalue weighted by Crippen LogP contribution is 2.19. The molecule has 3 rings (SSSR count). The van der Waals surface area contributed by atoms with E-state index in [2.05, 4.69) is 45.6 Å². The number of hydrogen-bond donors (Lipinski definition) is 3. The Hall–Kier alpha value is -3.87. The van der Waals surface area contributed by atoms with Gasteiger partial charge in [0.2, 0.25) is 0 Å². The third-order valence-corrected chi connectivity index (χ3v) is 5.67. The number of alkyl carbamates (subject to hydrolysis) is 1. The number of hydrogen-bond acceptors (Lipinski definition) is 6. The van der Waals surface area contributed by atoms with Crippen LogP contribution >= 0.6 is 0 Å². The van der Waals surface area contributed by atoms with Gasteiger partial charge in [-0.2, -0.15) is 0 Å². The molecule has 0 aliphatic heterocycles. The molecular formula is C30H39N5O2. The number of nitrogens with one attached hydrogen (secondary N) is 1. The third-order valence-electron chi connectivity index (χ3n) is 5.67. The van der Waals surface area contributed by atoms with Crippen LogP contribution in [0.2, 0.25) is 0 Å². The van der Waals surface area contributed by atoms with Gasteiger partial charge in [-0.15, -0.1) is 0 Å². The van der Waals surface area contributed by atoms with Crippen LogP contribution in [0.15, 0.2) is 48.5 Å². The number of nitrogen functional groups attached to an aromatic ring is 2. The van der Waals surface area contributed by atoms with Crippen molar-refractivity contribution in [2.24, 2.45) is 0 Å². The summed E-state index contributed by atoms with van der Waals surface area (Å²) in [5.41, 5.74) is 19.1. The van der Waals surface area contributed by atoms with Gasteiger partial charge < -0.3 is 21.5 Å². The van der Waals surface area contributed by atoms with Crippen molar-refractivity contribution in [3.8, 4) is 0 Å². The lowest BCUT2D eigenvalue weighted by Crippen LogP contribution is -2.32. The van der Waals surface area contributed by atoms with Gasteiger partial charge in [-0.05, 0) is 112 Å². The molecule has 5 N–H and O–H groups in total. The van der Waals surface area contributed by atoms with Gasteiger partial charge in [0.25, 0.3) is 0 Å². The summed E-state index contributed by atoms with van der Waals surface area (Å²) >= 11 is 0. The maximum atomic E-state index is 11.9. The second-order valence-corrected chi connectivity index (χ2v) is 10.4. The van der Waals surface area contributed by atoms with Crippen molar-refractivity contribution in [1.82, 2.24) is 15.3 Å². The minimum atomic E-state index is -0.524. The summed E-state index contributed by atoms with van der Waals surface area (Å²) in [6.07, 6.45) is 6.82. The number of aryl methyl sites for hydroxylation is 6. The molecule has 0 spiro atoms. The first-order valence-corrected chi connectivity index (χ1v) is 12.7. The van der Waals surface area contributed by atoms with E-state index in [0.717, 1.165) is 53.8 Å². The lowest BCUT2D eigenvalue weighted by Gasteiger charge is -2.19. The normalized spacial score (nSPS) is 11.6. The Kier molecular flexibility index (Phi) is 9.28. The lowest BCUT2D eigenvalue weighted by molar-refractivity contribution is 0.0534. The zero-order valence-electron chi connectivity index (χ0n) is 22.6. The Morgan fingerprint density at radius 2 is 1.49 bits per heavy atom. The van der Waals surface area contributed by atoms with Crippen LogP contribution in [-0.4, -0.2) is 28.2 Å². The van der Waals surface area contributed by atoms with Crippen LogP contribution in [0.5, 0.6) is 0 Å². The number of benzene rings is 1. The molecule has 7 heteroatoms. The number of pyridine rings is 2. The van der Waals surface area contributed by atoms with Crippen LogP contribution in [-0.2, 0) is 30.4 Å². The number of carbonyl (C=O) groups excluding carboxylic acids is 1. The van der Waals surface area contributed by atoms with Crippen molar-refractivity contribution < 1.29 is 9.53 Å². The van der Waals surface area contributed by atoms with E-state index in [1.807, 2.05) is 58.9 Å². The maximum Gasteiger partial charge on any atom is 0.407 e. The molecule has 0 bridgehead atoms. The molecule has 0 aliphatic rings. The topological polar surface area (TPSA) is 116 Å². The number of anilines is 2. The molecule has 1 amide bonds. The number of carbonyl (C=O) groups is 1. The molecule has 0 atom stereocenters. The van der Waals surface area contributed by atoms with Crippen molar-refractivity contribution in [2.45, 2.75) is 65.9 Å². The van der Waals surface area contributed by atoms with Gasteiger partial charge in [0.15, 0.2) is 0 Å². The van der Waals surface area contributed by atoms with E-state index in [-0.39, 0.29) is 0 Å². The zero-order chi connectivity index (χ0) is 27.0. The molecule has 0 saturated carbocycles. The molecule has 2 aromatic heterocycles. The monoisotopic (exact) mass is 501 g/mol. The Morgan fingerprint density at radius 3 is 2.05 bits per heavy atom. The first-order chi connectivity index (χ1) is 17.5. The summed E-state index contributed by atoms with van der Waals surface area (Å²) in [6, 6.07) is 14.4. The second kappa shape index (κ2) is 12.4. The van der Waals surface area contributed by atoms with E-state index in [1.165, 1.54) is 11.1 Å². The van der Waals surface area contributed by atoms with E-state index < -0.39 is 11.7 Å². The van der Waals surface area contributed by atoms with Crippen LogP contribution < -0.4 is 16.8 Å². The summed E-state index contributed by atoms with van der Waals surface area (Å²) in [7, 11) is 0. The maximum absolute atomic E-state index is 11.9. The van der Waals surface area contributed by atoms with Crippen LogP contribution in [0.4, 0.5) is 16.4 Å². The predicted molar refractivity (Wildman–Crippen MR) is 151 cm³/mol. The van der Waals surface area contributed by atoms with Gasteiger partial charge in [-0.3, -0.25) is 0 Å². The number of rotatable bonds is 9. The Balaban J connectivity index is 1.74. The van der Waals surface area contributed by atoms with Gasteiger partial charge in [-0.25, -0.2) is 14.8 Å². The number of nitrogens with two attached hydrogens (primary N) is 2. The third kappa shape index (κ3) is 9.60. The average Bonchev–Trinajstić information content (AvgIpc) is 2.77. The fraction of sp³-hybridized carbons (Fsp3) is 0.367. The van der Waals surface area contributed by atoms with Gasteiger partial charge >= 0.3 is 6.09 Å². The molecule has 2 heterocycles. The summed E-state index contributed by atoms with van der Waals surface area (Å²) < 4.78 is 5.30. The van der Waals surface area contributed by atoms with E-state index in [0.29, 0.717) is 18.2 Å². The fourth-order valence-electron chi connectivity index (χ4n) is 4.16. The molecule has 0 fully saturated rings. The highest BCUT2D eigenvalue weighted by Gasteiger charge is 2.15. The largest absolute Gasteiger partial charge is 0.444 e. The van der Waals surface area contributed by atoms with Crippen LogP contribution in [0, 0.1) is 13.8 Å². The van der Waals surface area contributed by atoms with Crippen molar-refractivity contribution in [2.75, 3.05) is 18.0 Å². The van der Waals surface area contributed by atoms with Crippen molar-refractivity contribution in [3.05, 3.63) is 87.7 Å². The molecule has 196 valence electrons. The van der Waals surface area contributed by atoms with Gasteiger partial charge in [-0.1, -0.05) is 30.4 Å². The van der Waals surface area contributed by atoms with E-state index in [9.17, 15) is 4.79 Å². The SMILES string of the molecule is Cc1cc(N)nc(CCc2ccc(/C=C/CNC(=O)OC(C)(C)C)c(CCc3cc(C)cc(N)n3)c2)c1. The summed E-state index contributed by atoms with van der Waals surface area (Å²) in [5.74, 6) is 1.10. The van der Waals surface area contributed by atoms with Gasteiger partial charge in [0.1, 0.15) is 17.2 Å². The van der Waals surface area contributed by atoms with Crippen LogP contribution in [0.3, 0.4) is 0 Å². The Bertz CT molecular complexity index is 1220. The molecule has 7 nitrogen and oxygen atoms in total. The molecule has 0 saturated heterocycles. The molecule has 0 radical (unpaired) electrons. The number of ether oxygens (including phenoxy) is 1. The molecule has 3 aromatic rings. The average molecular weight is 502 g/mol. The van der Waals surface area contributed by atoms with Gasteiger partial charge in [0, 0.05) is 17.9 Å². The predicted octanol–water partition coefficient (Wildman–Crippen LogP) is 5.37. The highest BCUT2D eigenvalue weighted by molar-refractivity contribution is 5.68. The molecule has 37 heavy (non-hydrogen) atoms. The molecule has 0 aliphatic carbocycles. The van der Waals surface area contributed by atoms with E-state index in [1.54, 1.807) is 0 Å². The van der Waals surface area contributed by atoms with Crippen molar-refractivity contribution >= 4 is 23.8 Å². The van der Waals surface area contributed by atoms with E-state index in [4.69, 9.17) is 16.2 Å². The minimum absolute atomic E-state index is 0.381. The van der Waals surface area contributed by atoms with Crippen molar-refractivity contribution in [3.63, 3.8) is 0 Å². The summed E-state index contributed by atoms with van der Waals surface area (Å²) in [5, 5.41) is 2.77. The molecule has 0 unspecified atom stereocenters. The number of nitrogens with zero attached hydrogens (tertiary/aromatic N) is 2. The minimum Gasteiger partial charge on any atom is -0.444 e. The lowest BCUT2D eigenvalue weighted by atomic mass is 9.96. The number of amides is 1. The Labute approximate surface area is 220 Å². The highest BCUT2D eigenvalue weighted by atomic mass is 16.6. The van der Waals surface area contributed by atoms with Crippen LogP contribution in [0.25, 0.3) is 6.08 Å². The Morgan fingerprint density at radius 1 is 0.892 bits per heavy atom. The smallest absolute Gasteiger partial charge is 0.407 e. The second-order valence-electron chi connectivity index (χ2n) is 10.4. The summed E-state index contributed by atoms with van der Waals surface area (Å²) in [4.78, 5) is 20.9. The fourth-order valence-corrected chi connectivity index (χ4v) is 4.16. The zero-order valence-corrected chi connectivity index (χ0v) is 22.6. The van der Waals surface area contributed by atoms with Crippen molar-refractivity contribution in [1.29, 1.82) is 0 Å². The van der Waals surface area contributed by atoms with E-state index >= 15 is 0 Å². The molecule has 1 aromatic carbocycles. The first-order valence-electron chi connectivity index (χ1n) is 12.7. The quantitative estimate of drug-likeness (QED) is 0.363. The van der Waals surface area contributed by atoms with Gasteiger partial charge in [0.05, 0.1) is 0 Å². The summed E-state index contributed by atoms with van der Waals surface area (Å²) in [6.45, 7) is 9.97. The molecular weight excluding hydrogens is 462 g/mol. The number of aromatic nitrogens is 2. The van der Waals surface area contributed by atoms with Crippen LogP contribution in [0.1, 0.15) is 60.0 Å². The first kappa shape index (κ1) is 27.7. The standard InChI is InChI=1S/C30H39N5O2/c1-20-15-25(34-27(31)17-20)12-9-22-8-10-23(7-6-14-33-29(36)37-30(3,4)5)24(19-22)11-13-26-16-21(2)18-28(32)35-26/h6-8,10,15-19H,9,11-14H2,1-5H3,(H2,31,34)(H2,32,35)(H,33,36)/b7-6+.